The van der Waals surface area contributed by atoms with Crippen molar-refractivity contribution in [1.82, 2.24) is 19.6 Å². The first-order valence-electron chi connectivity index (χ1n) is 9.24. The smallest absolute Gasteiger partial charge is 0.271 e. The van der Waals surface area contributed by atoms with E-state index in [1.54, 1.807) is 18.9 Å². The number of ether oxygens (including phenoxy) is 2. The van der Waals surface area contributed by atoms with Crippen LogP contribution in [0.3, 0.4) is 0 Å². The maximum atomic E-state index is 12.9. The fourth-order valence-electron chi connectivity index (χ4n) is 3.23. The number of hydrogen-bond donors (Lipinski definition) is 0. The number of aromatic nitrogens is 2. The molecule has 1 aromatic heterocycles. The molecular formula is C20H26N4O4. The largest absolute Gasteiger partial charge is 0.497 e. The second-order valence-electron chi connectivity index (χ2n) is 6.88. The van der Waals surface area contributed by atoms with E-state index in [-0.39, 0.29) is 11.5 Å². The molecule has 1 aliphatic heterocycles. The van der Waals surface area contributed by atoms with Crippen LogP contribution in [0.4, 0.5) is 0 Å². The highest BCUT2D eigenvalue weighted by atomic mass is 16.5. The average molecular weight is 386 g/mol. The Morgan fingerprint density at radius 2 is 1.71 bits per heavy atom. The maximum absolute atomic E-state index is 12.9. The molecule has 8 nitrogen and oxygen atoms in total. The van der Waals surface area contributed by atoms with Crippen molar-refractivity contribution in [1.29, 1.82) is 0 Å². The summed E-state index contributed by atoms with van der Waals surface area (Å²) in [4.78, 5) is 29.5. The van der Waals surface area contributed by atoms with Crippen molar-refractivity contribution < 1.29 is 14.3 Å². The molecule has 1 atom stereocenters. The zero-order chi connectivity index (χ0) is 20.3. The highest BCUT2D eigenvalue weighted by Gasteiger charge is 2.27. The first-order chi connectivity index (χ1) is 13.4. The van der Waals surface area contributed by atoms with Gasteiger partial charge in [-0.15, -0.1) is 0 Å². The molecular weight excluding hydrogens is 360 g/mol. The summed E-state index contributed by atoms with van der Waals surface area (Å²) >= 11 is 0. The van der Waals surface area contributed by atoms with E-state index in [4.69, 9.17) is 9.47 Å². The van der Waals surface area contributed by atoms with Crippen molar-refractivity contribution in [2.24, 2.45) is 0 Å². The van der Waals surface area contributed by atoms with Crippen LogP contribution in [0.2, 0.25) is 0 Å². The summed E-state index contributed by atoms with van der Waals surface area (Å²) in [6.07, 6.45) is 0. The molecule has 1 fully saturated rings. The fourth-order valence-corrected chi connectivity index (χ4v) is 3.23. The molecule has 1 saturated heterocycles. The Morgan fingerprint density at radius 3 is 2.29 bits per heavy atom. The Labute approximate surface area is 164 Å². The van der Waals surface area contributed by atoms with E-state index in [9.17, 15) is 9.59 Å². The quantitative estimate of drug-likeness (QED) is 0.770. The van der Waals surface area contributed by atoms with Gasteiger partial charge in [-0.3, -0.25) is 9.59 Å². The topological polar surface area (TPSA) is 76.9 Å². The highest BCUT2D eigenvalue weighted by molar-refractivity contribution is 5.80. The summed E-state index contributed by atoms with van der Waals surface area (Å²) in [6.45, 7) is 4.64. The van der Waals surface area contributed by atoms with Gasteiger partial charge in [-0.25, -0.2) is 4.68 Å². The van der Waals surface area contributed by atoms with Crippen LogP contribution in [-0.2, 0) is 4.79 Å². The molecule has 1 amide bonds. The Bertz CT molecular complexity index is 886. The molecule has 150 valence electrons. The van der Waals surface area contributed by atoms with Crippen LogP contribution in [0.1, 0.15) is 13.0 Å². The summed E-state index contributed by atoms with van der Waals surface area (Å²) in [5.41, 5.74) is 0.900. The minimum Gasteiger partial charge on any atom is -0.497 e. The van der Waals surface area contributed by atoms with Gasteiger partial charge in [0.1, 0.15) is 17.5 Å². The van der Waals surface area contributed by atoms with E-state index < -0.39 is 6.04 Å². The van der Waals surface area contributed by atoms with E-state index in [1.807, 2.05) is 31.3 Å². The third-order valence-corrected chi connectivity index (χ3v) is 5.04. The third kappa shape index (κ3) is 4.01. The third-order valence-electron chi connectivity index (χ3n) is 5.04. The molecule has 0 unspecified atom stereocenters. The lowest BCUT2D eigenvalue weighted by Gasteiger charge is -2.34. The van der Waals surface area contributed by atoms with Crippen molar-refractivity contribution in [3.63, 3.8) is 0 Å². The van der Waals surface area contributed by atoms with Crippen molar-refractivity contribution in [3.8, 4) is 22.8 Å². The molecule has 0 bridgehead atoms. The minimum absolute atomic E-state index is 0.103. The number of hydrogen-bond acceptors (Lipinski definition) is 6. The lowest BCUT2D eigenvalue weighted by atomic mass is 10.1. The summed E-state index contributed by atoms with van der Waals surface area (Å²) in [5, 5.41) is 4.48. The normalized spacial score (nSPS) is 15.9. The Balaban J connectivity index is 1.94. The van der Waals surface area contributed by atoms with Gasteiger partial charge in [-0.2, -0.15) is 5.10 Å². The van der Waals surface area contributed by atoms with E-state index >= 15 is 0 Å². The number of carbonyl (C=O) groups is 1. The second-order valence-corrected chi connectivity index (χ2v) is 6.88. The number of carbonyl (C=O) groups excluding carboxylic acids is 1. The predicted octanol–water partition coefficient (Wildman–Crippen LogP) is 1.26. The predicted molar refractivity (Wildman–Crippen MR) is 106 cm³/mol. The van der Waals surface area contributed by atoms with Gasteiger partial charge in [0.15, 0.2) is 5.75 Å². The SMILES string of the molecule is COc1ccc(-c2nn([C@@H](C)C(=O)N3CCN(C)CC3)c(=O)cc2OC)cc1. The summed E-state index contributed by atoms with van der Waals surface area (Å²) < 4.78 is 11.8. The number of amides is 1. The average Bonchev–Trinajstić information content (AvgIpc) is 2.73. The molecule has 0 aliphatic carbocycles. The van der Waals surface area contributed by atoms with Crippen LogP contribution >= 0.6 is 0 Å². The summed E-state index contributed by atoms with van der Waals surface area (Å²) in [6, 6.07) is 7.98. The number of rotatable bonds is 5. The number of nitrogens with zero attached hydrogens (tertiary/aromatic N) is 4. The molecule has 0 saturated carbocycles. The number of likely N-dealkylation sites (N-methyl/N-ethyl adjacent to an activating group) is 1. The molecule has 2 heterocycles. The van der Waals surface area contributed by atoms with Crippen molar-refractivity contribution in [2.45, 2.75) is 13.0 Å². The summed E-state index contributed by atoms with van der Waals surface area (Å²) in [5.74, 6) is 0.980. The van der Waals surface area contributed by atoms with Crippen LogP contribution in [0.15, 0.2) is 35.1 Å². The van der Waals surface area contributed by atoms with E-state index in [0.717, 1.165) is 24.4 Å². The summed E-state index contributed by atoms with van der Waals surface area (Å²) in [7, 11) is 5.12. The van der Waals surface area contributed by atoms with Gasteiger partial charge >= 0.3 is 0 Å². The van der Waals surface area contributed by atoms with E-state index in [0.29, 0.717) is 24.5 Å². The Kier molecular flexibility index (Phi) is 5.99. The number of methoxy groups -OCH3 is 2. The lowest BCUT2D eigenvalue weighted by molar-refractivity contribution is -0.136. The Hall–Kier alpha value is -2.87. The molecule has 1 aliphatic rings. The van der Waals surface area contributed by atoms with Gasteiger partial charge in [0.05, 0.1) is 14.2 Å². The van der Waals surface area contributed by atoms with Crippen LogP contribution in [0.25, 0.3) is 11.3 Å². The van der Waals surface area contributed by atoms with Gasteiger partial charge in [0.2, 0.25) is 5.91 Å². The van der Waals surface area contributed by atoms with Crippen molar-refractivity contribution in [2.75, 3.05) is 47.4 Å². The van der Waals surface area contributed by atoms with Crippen LogP contribution < -0.4 is 15.0 Å². The first-order valence-corrected chi connectivity index (χ1v) is 9.24. The van der Waals surface area contributed by atoms with E-state index in [1.165, 1.54) is 17.9 Å². The number of benzene rings is 1. The van der Waals surface area contributed by atoms with Crippen molar-refractivity contribution >= 4 is 5.91 Å². The maximum Gasteiger partial charge on any atom is 0.271 e. The number of piperazine rings is 1. The monoisotopic (exact) mass is 386 g/mol. The van der Waals surface area contributed by atoms with Gasteiger partial charge in [0.25, 0.3) is 5.56 Å². The highest BCUT2D eigenvalue weighted by Crippen LogP contribution is 2.28. The fraction of sp³-hybridized carbons (Fsp3) is 0.450. The van der Waals surface area contributed by atoms with Crippen LogP contribution in [0.5, 0.6) is 11.5 Å². The van der Waals surface area contributed by atoms with Crippen LogP contribution in [-0.4, -0.2) is 72.9 Å². The van der Waals surface area contributed by atoms with Crippen molar-refractivity contribution in [3.05, 3.63) is 40.7 Å². The zero-order valence-electron chi connectivity index (χ0n) is 16.7. The second kappa shape index (κ2) is 8.43. The minimum atomic E-state index is -0.696. The van der Waals surface area contributed by atoms with Gasteiger partial charge in [-0.05, 0) is 38.2 Å². The zero-order valence-corrected chi connectivity index (χ0v) is 16.7. The van der Waals surface area contributed by atoms with E-state index in [2.05, 4.69) is 10.00 Å². The molecule has 3 rings (SSSR count). The van der Waals surface area contributed by atoms with Gasteiger partial charge < -0.3 is 19.3 Å². The molecule has 8 heteroatoms. The lowest BCUT2D eigenvalue weighted by Crippen LogP contribution is -2.49. The standard InChI is InChI=1S/C20H26N4O4/c1-14(20(26)23-11-9-22(2)10-12-23)24-18(25)13-17(28-4)19(21-24)15-5-7-16(27-3)8-6-15/h5-8,13-14H,9-12H2,1-4H3/t14-/m0/s1. The Morgan fingerprint density at radius 1 is 1.07 bits per heavy atom. The first kappa shape index (κ1) is 19.9. The molecule has 0 N–H and O–H groups in total. The van der Waals surface area contributed by atoms with Crippen LogP contribution in [0, 0.1) is 0 Å². The molecule has 1 aromatic carbocycles. The van der Waals surface area contributed by atoms with Gasteiger partial charge in [0, 0.05) is 37.8 Å². The molecule has 0 spiro atoms. The molecule has 0 radical (unpaired) electrons. The molecule has 2 aromatic rings. The molecule has 28 heavy (non-hydrogen) atoms. The van der Waals surface area contributed by atoms with Gasteiger partial charge in [-0.1, -0.05) is 0 Å².